The Morgan fingerprint density at radius 2 is 1.85 bits per heavy atom. The lowest BCUT2D eigenvalue weighted by molar-refractivity contribution is 0.0637. The van der Waals surface area contributed by atoms with Gasteiger partial charge in [0.15, 0.2) is 0 Å². The van der Waals surface area contributed by atoms with Crippen molar-refractivity contribution in [3.63, 3.8) is 0 Å². The minimum atomic E-state index is 0.272. The number of rotatable bonds is 7. The molecule has 1 unspecified atom stereocenters. The SMILES string of the molecule is CC(Cl)CCN(C)CCOC(C)C. The van der Waals surface area contributed by atoms with Crippen molar-refractivity contribution in [3.05, 3.63) is 0 Å². The summed E-state index contributed by atoms with van der Waals surface area (Å²) >= 11 is 5.85. The van der Waals surface area contributed by atoms with Crippen LogP contribution in [0.1, 0.15) is 27.2 Å². The first kappa shape index (κ1) is 13.2. The fraction of sp³-hybridized carbons (Fsp3) is 1.00. The van der Waals surface area contributed by atoms with Crippen molar-refractivity contribution in [3.8, 4) is 0 Å². The second kappa shape index (κ2) is 7.60. The van der Waals surface area contributed by atoms with Crippen molar-refractivity contribution in [1.29, 1.82) is 0 Å². The van der Waals surface area contributed by atoms with Crippen LogP contribution in [0.2, 0.25) is 0 Å². The molecule has 13 heavy (non-hydrogen) atoms. The van der Waals surface area contributed by atoms with Crippen molar-refractivity contribution in [2.24, 2.45) is 0 Å². The number of hydrogen-bond acceptors (Lipinski definition) is 2. The minimum absolute atomic E-state index is 0.272. The van der Waals surface area contributed by atoms with Gasteiger partial charge in [-0.05, 0) is 40.8 Å². The Balaban J connectivity index is 3.25. The van der Waals surface area contributed by atoms with Gasteiger partial charge >= 0.3 is 0 Å². The average molecular weight is 208 g/mol. The summed E-state index contributed by atoms with van der Waals surface area (Å²) in [6.45, 7) is 8.99. The molecule has 0 aliphatic rings. The molecular formula is C10H22ClNO. The Kier molecular flexibility index (Phi) is 7.72. The number of hydrogen-bond donors (Lipinski definition) is 0. The molecule has 2 nitrogen and oxygen atoms in total. The first-order chi connectivity index (χ1) is 6.02. The van der Waals surface area contributed by atoms with Crippen molar-refractivity contribution < 1.29 is 4.74 Å². The molecule has 0 radical (unpaired) electrons. The Bertz CT molecular complexity index is 117. The summed E-state index contributed by atoms with van der Waals surface area (Å²) in [6.07, 6.45) is 1.38. The van der Waals surface area contributed by atoms with Crippen LogP contribution >= 0.6 is 11.6 Å². The predicted molar refractivity (Wildman–Crippen MR) is 58.5 cm³/mol. The highest BCUT2D eigenvalue weighted by Gasteiger charge is 2.01. The topological polar surface area (TPSA) is 12.5 Å². The normalized spacial score (nSPS) is 14.1. The highest BCUT2D eigenvalue weighted by Crippen LogP contribution is 2.00. The average Bonchev–Trinajstić information content (AvgIpc) is 2.00. The van der Waals surface area contributed by atoms with E-state index < -0.39 is 0 Å². The number of alkyl halides is 1. The molecule has 0 aromatic rings. The van der Waals surface area contributed by atoms with Crippen molar-refractivity contribution in [2.45, 2.75) is 38.7 Å². The zero-order chi connectivity index (χ0) is 10.3. The lowest BCUT2D eigenvalue weighted by atomic mass is 10.3. The second-order valence-electron chi connectivity index (χ2n) is 3.79. The van der Waals surface area contributed by atoms with Gasteiger partial charge in [-0.2, -0.15) is 0 Å². The zero-order valence-corrected chi connectivity index (χ0v) is 9.97. The van der Waals surface area contributed by atoms with Gasteiger partial charge in [0.25, 0.3) is 0 Å². The summed E-state index contributed by atoms with van der Waals surface area (Å²) < 4.78 is 5.44. The monoisotopic (exact) mass is 207 g/mol. The maximum atomic E-state index is 5.85. The van der Waals surface area contributed by atoms with Gasteiger partial charge in [0.05, 0.1) is 12.7 Å². The van der Waals surface area contributed by atoms with E-state index in [0.717, 1.165) is 26.1 Å². The summed E-state index contributed by atoms with van der Waals surface area (Å²) in [6, 6.07) is 0. The van der Waals surface area contributed by atoms with E-state index >= 15 is 0 Å². The number of nitrogens with zero attached hydrogens (tertiary/aromatic N) is 1. The molecule has 0 bridgehead atoms. The summed E-state index contributed by atoms with van der Waals surface area (Å²) in [7, 11) is 2.10. The van der Waals surface area contributed by atoms with E-state index in [1.807, 2.05) is 6.92 Å². The third kappa shape index (κ3) is 10.1. The Morgan fingerprint density at radius 3 is 2.31 bits per heavy atom. The molecule has 0 aliphatic heterocycles. The fourth-order valence-electron chi connectivity index (χ4n) is 0.954. The second-order valence-corrected chi connectivity index (χ2v) is 4.54. The van der Waals surface area contributed by atoms with E-state index in [-0.39, 0.29) is 5.38 Å². The van der Waals surface area contributed by atoms with Crippen molar-refractivity contribution >= 4 is 11.6 Å². The van der Waals surface area contributed by atoms with Gasteiger partial charge in [-0.25, -0.2) is 0 Å². The van der Waals surface area contributed by atoms with Gasteiger partial charge in [0, 0.05) is 11.9 Å². The van der Waals surface area contributed by atoms with E-state index in [1.165, 1.54) is 0 Å². The minimum Gasteiger partial charge on any atom is -0.377 e. The third-order valence-electron chi connectivity index (χ3n) is 1.83. The maximum Gasteiger partial charge on any atom is 0.0596 e. The molecule has 0 amide bonds. The summed E-state index contributed by atoms with van der Waals surface area (Å²) in [4.78, 5) is 2.25. The largest absolute Gasteiger partial charge is 0.377 e. The lowest BCUT2D eigenvalue weighted by Gasteiger charge is -2.17. The third-order valence-corrected chi connectivity index (χ3v) is 2.05. The van der Waals surface area contributed by atoms with Crippen molar-refractivity contribution in [2.75, 3.05) is 26.7 Å². The molecule has 0 aromatic carbocycles. The summed E-state index contributed by atoms with van der Waals surface area (Å²) in [5.41, 5.74) is 0. The van der Waals surface area contributed by atoms with E-state index in [2.05, 4.69) is 25.8 Å². The van der Waals surface area contributed by atoms with E-state index in [4.69, 9.17) is 16.3 Å². The van der Waals surface area contributed by atoms with Crippen LogP contribution in [-0.4, -0.2) is 43.1 Å². The molecule has 80 valence electrons. The smallest absolute Gasteiger partial charge is 0.0596 e. The lowest BCUT2D eigenvalue weighted by Crippen LogP contribution is -2.26. The first-order valence-electron chi connectivity index (χ1n) is 4.96. The standard InChI is InChI=1S/C10H22ClNO/c1-9(2)13-8-7-12(4)6-5-10(3)11/h9-10H,5-8H2,1-4H3. The van der Waals surface area contributed by atoms with Gasteiger partial charge in [-0.3, -0.25) is 0 Å². The molecule has 0 spiro atoms. The Labute approximate surface area is 87.2 Å². The summed E-state index contributed by atoms with van der Waals surface area (Å²) in [5, 5.41) is 0.272. The number of ether oxygens (including phenoxy) is 1. The Hall–Kier alpha value is 0.210. The van der Waals surface area contributed by atoms with Gasteiger partial charge in [0.2, 0.25) is 0 Å². The number of likely N-dealkylation sites (N-methyl/N-ethyl adjacent to an activating group) is 1. The van der Waals surface area contributed by atoms with Crippen LogP contribution in [0.25, 0.3) is 0 Å². The molecule has 0 aromatic heterocycles. The molecule has 1 atom stereocenters. The molecule has 0 heterocycles. The molecule has 0 rings (SSSR count). The summed E-state index contributed by atoms with van der Waals surface area (Å²) in [5.74, 6) is 0. The molecule has 3 heteroatoms. The molecular weight excluding hydrogens is 186 g/mol. The maximum absolute atomic E-state index is 5.85. The number of halogens is 1. The molecule has 0 fully saturated rings. The molecule has 0 saturated carbocycles. The van der Waals surface area contributed by atoms with Crippen LogP contribution < -0.4 is 0 Å². The van der Waals surface area contributed by atoms with Crippen LogP contribution in [-0.2, 0) is 4.74 Å². The van der Waals surface area contributed by atoms with Crippen LogP contribution in [0, 0.1) is 0 Å². The Morgan fingerprint density at radius 1 is 1.23 bits per heavy atom. The predicted octanol–water partition coefficient (Wildman–Crippen LogP) is 2.36. The molecule has 0 N–H and O–H groups in total. The zero-order valence-electron chi connectivity index (χ0n) is 9.22. The van der Waals surface area contributed by atoms with E-state index in [9.17, 15) is 0 Å². The van der Waals surface area contributed by atoms with Gasteiger partial charge in [0.1, 0.15) is 0 Å². The van der Waals surface area contributed by atoms with Crippen molar-refractivity contribution in [1.82, 2.24) is 4.90 Å². The van der Waals surface area contributed by atoms with Gasteiger partial charge < -0.3 is 9.64 Å². The van der Waals surface area contributed by atoms with Gasteiger partial charge in [-0.1, -0.05) is 0 Å². The molecule has 0 saturated heterocycles. The van der Waals surface area contributed by atoms with E-state index in [0.29, 0.717) is 6.10 Å². The molecule has 0 aliphatic carbocycles. The highest BCUT2D eigenvalue weighted by molar-refractivity contribution is 6.20. The first-order valence-corrected chi connectivity index (χ1v) is 5.40. The van der Waals surface area contributed by atoms with Crippen LogP contribution in [0.3, 0.4) is 0 Å². The quantitative estimate of drug-likeness (QED) is 0.595. The fourth-order valence-corrected chi connectivity index (χ4v) is 1.05. The van der Waals surface area contributed by atoms with E-state index in [1.54, 1.807) is 0 Å². The highest BCUT2D eigenvalue weighted by atomic mass is 35.5. The van der Waals surface area contributed by atoms with Crippen LogP contribution in [0.15, 0.2) is 0 Å². The van der Waals surface area contributed by atoms with Crippen LogP contribution in [0.4, 0.5) is 0 Å². The van der Waals surface area contributed by atoms with Crippen LogP contribution in [0.5, 0.6) is 0 Å². The van der Waals surface area contributed by atoms with Gasteiger partial charge in [-0.15, -0.1) is 11.6 Å².